The van der Waals surface area contributed by atoms with Crippen molar-refractivity contribution < 1.29 is 4.74 Å². The monoisotopic (exact) mass is 247 g/mol. The molecule has 2 heteroatoms. The molecule has 0 radical (unpaired) electrons. The average molecular weight is 247 g/mol. The zero-order valence-electron chi connectivity index (χ0n) is 13.8. The summed E-state index contributed by atoms with van der Waals surface area (Å²) >= 11 is 0. The van der Waals surface area contributed by atoms with Gasteiger partial charge in [-0.05, 0) is 26.8 Å². The third-order valence-electron chi connectivity index (χ3n) is 2.04. The van der Waals surface area contributed by atoms with Crippen LogP contribution < -0.4 is 0 Å². The van der Waals surface area contributed by atoms with Crippen LogP contribution in [0, 0.1) is 0 Å². The van der Waals surface area contributed by atoms with Gasteiger partial charge in [-0.15, -0.1) is 0 Å². The van der Waals surface area contributed by atoms with Crippen molar-refractivity contribution in [2.24, 2.45) is 0 Å². The van der Waals surface area contributed by atoms with Gasteiger partial charge in [0, 0.05) is 13.1 Å². The molecule has 1 aliphatic rings. The van der Waals surface area contributed by atoms with E-state index in [1.54, 1.807) is 0 Å². The molecular formula is C15H37NO. The van der Waals surface area contributed by atoms with Crippen molar-refractivity contribution in [3.8, 4) is 0 Å². The lowest BCUT2D eigenvalue weighted by Gasteiger charge is -2.35. The number of hydrogen-bond acceptors (Lipinski definition) is 2. The summed E-state index contributed by atoms with van der Waals surface area (Å²) in [6, 6.07) is 0. The van der Waals surface area contributed by atoms with Crippen LogP contribution in [0.5, 0.6) is 0 Å². The Balaban J connectivity index is -0.000000285. The van der Waals surface area contributed by atoms with Crippen LogP contribution in [0.25, 0.3) is 0 Å². The molecule has 0 N–H and O–H groups in total. The van der Waals surface area contributed by atoms with Gasteiger partial charge >= 0.3 is 0 Å². The molecule has 1 heterocycles. The predicted octanol–water partition coefficient (Wildman–Crippen LogP) is 4.58. The molecule has 0 bridgehead atoms. The molecule has 0 spiro atoms. The van der Waals surface area contributed by atoms with Gasteiger partial charge in [-0.25, -0.2) is 0 Å². The van der Waals surface area contributed by atoms with Crippen molar-refractivity contribution in [3.63, 3.8) is 0 Å². The van der Waals surface area contributed by atoms with E-state index in [0.29, 0.717) is 12.2 Å². The third kappa shape index (κ3) is 13.9. The maximum atomic E-state index is 5.62. The first-order chi connectivity index (χ1) is 8.22. The van der Waals surface area contributed by atoms with Gasteiger partial charge in [0.15, 0.2) is 0 Å². The zero-order chi connectivity index (χ0) is 14.3. The Kier molecular flexibility index (Phi) is 23.8. The van der Waals surface area contributed by atoms with Crippen LogP contribution in [0.1, 0.15) is 68.7 Å². The third-order valence-corrected chi connectivity index (χ3v) is 2.04. The van der Waals surface area contributed by atoms with Crippen molar-refractivity contribution in [2.75, 3.05) is 19.6 Å². The van der Waals surface area contributed by atoms with Gasteiger partial charge < -0.3 is 4.74 Å². The van der Waals surface area contributed by atoms with E-state index in [9.17, 15) is 0 Å². The molecule has 2 unspecified atom stereocenters. The van der Waals surface area contributed by atoms with Crippen LogP contribution in [-0.2, 0) is 4.74 Å². The van der Waals surface area contributed by atoms with E-state index in [0.717, 1.165) is 13.1 Å². The number of nitrogens with zero attached hydrogens (tertiary/aromatic N) is 1. The summed E-state index contributed by atoms with van der Waals surface area (Å²) in [4.78, 5) is 2.48. The van der Waals surface area contributed by atoms with E-state index >= 15 is 0 Å². The number of rotatable bonds is 2. The highest BCUT2D eigenvalue weighted by atomic mass is 16.5. The quantitative estimate of drug-likeness (QED) is 0.708. The summed E-state index contributed by atoms with van der Waals surface area (Å²) < 4.78 is 5.62. The second kappa shape index (κ2) is 18.3. The van der Waals surface area contributed by atoms with E-state index in [4.69, 9.17) is 4.74 Å². The highest BCUT2D eigenvalue weighted by Gasteiger charge is 2.20. The van der Waals surface area contributed by atoms with Gasteiger partial charge in [-0.1, -0.05) is 48.5 Å². The fourth-order valence-electron chi connectivity index (χ4n) is 1.78. The number of ether oxygens (including phenoxy) is 1. The molecule has 108 valence electrons. The SMILES string of the molecule is CC.CC.CC.CCCN1CC(C)OC(C)C1. The summed E-state index contributed by atoms with van der Waals surface area (Å²) in [6.45, 7) is 22.0. The van der Waals surface area contributed by atoms with Gasteiger partial charge in [0.1, 0.15) is 0 Å². The largest absolute Gasteiger partial charge is 0.373 e. The minimum atomic E-state index is 0.422. The van der Waals surface area contributed by atoms with Gasteiger partial charge in [-0.2, -0.15) is 0 Å². The van der Waals surface area contributed by atoms with E-state index in [2.05, 4.69) is 25.7 Å². The fraction of sp³-hybridized carbons (Fsp3) is 1.00. The molecule has 1 aliphatic heterocycles. The van der Waals surface area contributed by atoms with Gasteiger partial charge in [0.2, 0.25) is 0 Å². The Morgan fingerprint density at radius 3 is 1.53 bits per heavy atom. The lowest BCUT2D eigenvalue weighted by molar-refractivity contribution is -0.0677. The van der Waals surface area contributed by atoms with E-state index in [1.807, 2.05) is 41.5 Å². The molecule has 1 rings (SSSR count). The summed E-state index contributed by atoms with van der Waals surface area (Å²) in [5, 5.41) is 0. The van der Waals surface area contributed by atoms with Crippen molar-refractivity contribution in [1.82, 2.24) is 4.90 Å². The molecule has 1 saturated heterocycles. The van der Waals surface area contributed by atoms with Crippen molar-refractivity contribution in [2.45, 2.75) is 80.9 Å². The van der Waals surface area contributed by atoms with Crippen LogP contribution in [0.4, 0.5) is 0 Å². The topological polar surface area (TPSA) is 12.5 Å². The van der Waals surface area contributed by atoms with Crippen LogP contribution >= 0.6 is 0 Å². The van der Waals surface area contributed by atoms with Crippen molar-refractivity contribution >= 4 is 0 Å². The Bertz CT molecular complexity index is 107. The molecule has 2 atom stereocenters. The lowest BCUT2D eigenvalue weighted by atomic mass is 10.2. The Morgan fingerprint density at radius 1 is 0.882 bits per heavy atom. The first kappa shape index (κ1) is 22.1. The molecule has 0 aliphatic carbocycles. The minimum Gasteiger partial charge on any atom is -0.373 e. The molecule has 17 heavy (non-hydrogen) atoms. The van der Waals surface area contributed by atoms with Crippen molar-refractivity contribution in [1.29, 1.82) is 0 Å². The first-order valence-corrected chi connectivity index (χ1v) is 7.60. The Labute approximate surface area is 111 Å². The normalized spacial score (nSPS) is 23.1. The standard InChI is InChI=1S/C9H19NO.3C2H6/c1-4-5-10-6-8(2)11-9(3)7-10;3*1-2/h8-9H,4-7H2,1-3H3;3*1-2H3. The average Bonchev–Trinajstić information content (AvgIpc) is 2.36. The van der Waals surface area contributed by atoms with Crippen LogP contribution in [0.2, 0.25) is 0 Å². The highest BCUT2D eigenvalue weighted by molar-refractivity contribution is 4.72. The van der Waals surface area contributed by atoms with E-state index < -0.39 is 0 Å². The molecule has 1 fully saturated rings. The zero-order valence-corrected chi connectivity index (χ0v) is 13.8. The molecule has 0 aromatic heterocycles. The number of morpholine rings is 1. The summed E-state index contributed by atoms with van der Waals surface area (Å²) in [6.07, 6.45) is 2.09. The summed E-state index contributed by atoms with van der Waals surface area (Å²) in [7, 11) is 0. The van der Waals surface area contributed by atoms with Crippen LogP contribution in [0.15, 0.2) is 0 Å². The first-order valence-electron chi connectivity index (χ1n) is 7.60. The molecule has 0 amide bonds. The summed E-state index contributed by atoms with van der Waals surface area (Å²) in [5.41, 5.74) is 0. The predicted molar refractivity (Wildman–Crippen MR) is 80.8 cm³/mol. The second-order valence-electron chi connectivity index (χ2n) is 3.52. The Hall–Kier alpha value is -0.0800. The molecule has 0 aromatic rings. The maximum absolute atomic E-state index is 5.62. The molecule has 0 saturated carbocycles. The Morgan fingerprint density at radius 2 is 1.24 bits per heavy atom. The summed E-state index contributed by atoms with van der Waals surface area (Å²) in [5.74, 6) is 0. The molecular weight excluding hydrogens is 210 g/mol. The van der Waals surface area contributed by atoms with Gasteiger partial charge in [0.25, 0.3) is 0 Å². The van der Waals surface area contributed by atoms with E-state index in [1.165, 1.54) is 13.0 Å². The van der Waals surface area contributed by atoms with Crippen LogP contribution in [0.3, 0.4) is 0 Å². The van der Waals surface area contributed by atoms with Crippen molar-refractivity contribution in [3.05, 3.63) is 0 Å². The maximum Gasteiger partial charge on any atom is 0.0678 e. The minimum absolute atomic E-state index is 0.422. The lowest BCUT2D eigenvalue weighted by Crippen LogP contribution is -2.45. The second-order valence-corrected chi connectivity index (χ2v) is 3.52. The van der Waals surface area contributed by atoms with E-state index in [-0.39, 0.29) is 0 Å². The number of hydrogen-bond donors (Lipinski definition) is 0. The van der Waals surface area contributed by atoms with Gasteiger partial charge in [-0.3, -0.25) is 4.90 Å². The van der Waals surface area contributed by atoms with Crippen LogP contribution in [-0.4, -0.2) is 36.7 Å². The fourth-order valence-corrected chi connectivity index (χ4v) is 1.78. The molecule has 0 aromatic carbocycles. The highest BCUT2D eigenvalue weighted by Crippen LogP contribution is 2.10. The van der Waals surface area contributed by atoms with Gasteiger partial charge in [0.05, 0.1) is 12.2 Å². The molecule has 2 nitrogen and oxygen atoms in total. The smallest absolute Gasteiger partial charge is 0.0678 e.